The summed E-state index contributed by atoms with van der Waals surface area (Å²) in [4.78, 5) is 4.10. The first-order chi connectivity index (χ1) is 8.70. The monoisotopic (exact) mass is 246 g/mol. The van der Waals surface area contributed by atoms with E-state index in [2.05, 4.69) is 10.3 Å². The third-order valence-corrected chi connectivity index (χ3v) is 2.74. The quantitative estimate of drug-likeness (QED) is 0.899. The first-order valence-corrected chi connectivity index (χ1v) is 5.68. The number of anilines is 1. The summed E-state index contributed by atoms with van der Waals surface area (Å²) in [7, 11) is 1.58. The Morgan fingerprint density at radius 2 is 2.17 bits per heavy atom. The van der Waals surface area contributed by atoms with Crippen molar-refractivity contribution in [1.29, 1.82) is 0 Å². The van der Waals surface area contributed by atoms with Crippen LogP contribution in [0.1, 0.15) is 11.1 Å². The lowest BCUT2D eigenvalue weighted by atomic mass is 10.1. The Hall–Kier alpha value is -2.10. The van der Waals surface area contributed by atoms with Crippen LogP contribution >= 0.6 is 0 Å². The van der Waals surface area contributed by atoms with Crippen LogP contribution in [0.5, 0.6) is 5.88 Å². The fraction of sp³-hybridized carbons (Fsp3) is 0.214. The highest BCUT2D eigenvalue weighted by Gasteiger charge is 2.04. The van der Waals surface area contributed by atoms with Gasteiger partial charge in [0.1, 0.15) is 5.82 Å². The summed E-state index contributed by atoms with van der Waals surface area (Å²) in [5.41, 5.74) is 2.79. The Kier molecular flexibility index (Phi) is 3.77. The van der Waals surface area contributed by atoms with Crippen LogP contribution in [0, 0.1) is 12.7 Å². The second-order valence-corrected chi connectivity index (χ2v) is 3.98. The van der Waals surface area contributed by atoms with Crippen LogP contribution in [0.4, 0.5) is 10.1 Å². The van der Waals surface area contributed by atoms with E-state index in [0.29, 0.717) is 12.4 Å². The van der Waals surface area contributed by atoms with Gasteiger partial charge in [-0.15, -0.1) is 0 Å². The zero-order valence-electron chi connectivity index (χ0n) is 10.4. The molecule has 2 aromatic rings. The molecule has 0 radical (unpaired) electrons. The lowest BCUT2D eigenvalue weighted by Crippen LogP contribution is -2.03. The maximum Gasteiger partial charge on any atom is 0.237 e. The lowest BCUT2D eigenvalue weighted by molar-refractivity contribution is 0.399. The predicted molar refractivity (Wildman–Crippen MR) is 69.3 cm³/mol. The first-order valence-electron chi connectivity index (χ1n) is 5.68. The highest BCUT2D eigenvalue weighted by atomic mass is 19.1. The molecular weight excluding hydrogens is 231 g/mol. The highest BCUT2D eigenvalue weighted by molar-refractivity contribution is 5.52. The third kappa shape index (κ3) is 2.77. The molecule has 18 heavy (non-hydrogen) atoms. The van der Waals surface area contributed by atoms with E-state index in [-0.39, 0.29) is 5.82 Å². The van der Waals surface area contributed by atoms with Gasteiger partial charge < -0.3 is 10.1 Å². The number of nitrogens with zero attached hydrogens (tertiary/aromatic N) is 1. The van der Waals surface area contributed by atoms with Gasteiger partial charge in [-0.05, 0) is 42.3 Å². The molecule has 0 bridgehead atoms. The highest BCUT2D eigenvalue weighted by Crippen LogP contribution is 2.21. The SMILES string of the molecule is COc1ncccc1NCc1ccc(F)cc1C. The Bertz CT molecular complexity index is 543. The second kappa shape index (κ2) is 5.49. The summed E-state index contributed by atoms with van der Waals surface area (Å²) < 4.78 is 18.1. The van der Waals surface area contributed by atoms with E-state index >= 15 is 0 Å². The average Bonchev–Trinajstić information content (AvgIpc) is 2.38. The zero-order valence-corrected chi connectivity index (χ0v) is 10.4. The molecule has 1 aromatic heterocycles. The number of benzene rings is 1. The number of rotatable bonds is 4. The Balaban J connectivity index is 2.11. The molecular formula is C14H15FN2O. The molecule has 4 heteroatoms. The van der Waals surface area contributed by atoms with Crippen molar-refractivity contribution in [2.24, 2.45) is 0 Å². The van der Waals surface area contributed by atoms with Gasteiger partial charge in [0.15, 0.2) is 0 Å². The number of methoxy groups -OCH3 is 1. The van der Waals surface area contributed by atoms with Gasteiger partial charge in [-0.3, -0.25) is 0 Å². The topological polar surface area (TPSA) is 34.1 Å². The number of aryl methyl sites for hydroxylation is 1. The average molecular weight is 246 g/mol. The second-order valence-electron chi connectivity index (χ2n) is 3.98. The first kappa shape index (κ1) is 12.4. The fourth-order valence-electron chi connectivity index (χ4n) is 1.74. The van der Waals surface area contributed by atoms with Gasteiger partial charge in [0.25, 0.3) is 0 Å². The van der Waals surface area contributed by atoms with Gasteiger partial charge in [-0.25, -0.2) is 9.37 Å². The fourth-order valence-corrected chi connectivity index (χ4v) is 1.74. The molecule has 1 N–H and O–H groups in total. The summed E-state index contributed by atoms with van der Waals surface area (Å²) in [5.74, 6) is 0.340. The number of ether oxygens (including phenoxy) is 1. The molecule has 1 aromatic carbocycles. The summed E-state index contributed by atoms with van der Waals surface area (Å²) in [6, 6.07) is 8.50. The Morgan fingerprint density at radius 3 is 2.89 bits per heavy atom. The van der Waals surface area contributed by atoms with E-state index < -0.39 is 0 Å². The molecule has 0 aliphatic heterocycles. The van der Waals surface area contributed by atoms with Gasteiger partial charge in [-0.1, -0.05) is 6.07 Å². The molecule has 1 heterocycles. The van der Waals surface area contributed by atoms with Crippen LogP contribution in [0.15, 0.2) is 36.5 Å². The van der Waals surface area contributed by atoms with Crippen molar-refractivity contribution in [1.82, 2.24) is 4.98 Å². The molecule has 0 unspecified atom stereocenters. The molecule has 0 atom stereocenters. The van der Waals surface area contributed by atoms with E-state index in [9.17, 15) is 4.39 Å². The minimum Gasteiger partial charge on any atom is -0.480 e. The van der Waals surface area contributed by atoms with E-state index in [1.54, 1.807) is 19.4 Å². The van der Waals surface area contributed by atoms with Crippen LogP contribution in [-0.2, 0) is 6.54 Å². The minimum absolute atomic E-state index is 0.213. The molecule has 3 nitrogen and oxygen atoms in total. The number of hydrogen-bond acceptors (Lipinski definition) is 3. The molecule has 0 fully saturated rings. The van der Waals surface area contributed by atoms with Gasteiger partial charge in [0, 0.05) is 12.7 Å². The van der Waals surface area contributed by atoms with Crippen molar-refractivity contribution in [2.75, 3.05) is 12.4 Å². The zero-order chi connectivity index (χ0) is 13.0. The molecule has 94 valence electrons. The lowest BCUT2D eigenvalue weighted by Gasteiger charge is -2.11. The van der Waals surface area contributed by atoms with Gasteiger partial charge >= 0.3 is 0 Å². The van der Waals surface area contributed by atoms with Crippen molar-refractivity contribution >= 4 is 5.69 Å². The number of hydrogen-bond donors (Lipinski definition) is 1. The smallest absolute Gasteiger partial charge is 0.237 e. The number of aromatic nitrogens is 1. The summed E-state index contributed by atoms with van der Waals surface area (Å²) in [5, 5.41) is 3.23. The van der Waals surface area contributed by atoms with Crippen LogP contribution < -0.4 is 10.1 Å². The van der Waals surface area contributed by atoms with Gasteiger partial charge in [-0.2, -0.15) is 0 Å². The van der Waals surface area contributed by atoms with E-state index in [4.69, 9.17) is 4.74 Å². The summed E-state index contributed by atoms with van der Waals surface area (Å²) in [6.45, 7) is 2.49. The molecule has 0 saturated carbocycles. The molecule has 0 spiro atoms. The van der Waals surface area contributed by atoms with Crippen molar-refractivity contribution in [2.45, 2.75) is 13.5 Å². The minimum atomic E-state index is -0.213. The van der Waals surface area contributed by atoms with Crippen LogP contribution in [0.3, 0.4) is 0 Å². The molecule has 0 aliphatic carbocycles. The number of nitrogens with one attached hydrogen (secondary N) is 1. The summed E-state index contributed by atoms with van der Waals surface area (Å²) >= 11 is 0. The van der Waals surface area contributed by atoms with E-state index in [1.807, 2.05) is 19.1 Å². The standard InChI is InChI=1S/C14H15FN2O/c1-10-8-12(15)6-5-11(10)9-17-13-4-3-7-16-14(13)18-2/h3-8,17H,9H2,1-2H3. The van der Waals surface area contributed by atoms with Crippen LogP contribution in [-0.4, -0.2) is 12.1 Å². The van der Waals surface area contributed by atoms with Crippen molar-refractivity contribution in [3.05, 3.63) is 53.5 Å². The maximum absolute atomic E-state index is 13.0. The number of pyridine rings is 1. The van der Waals surface area contributed by atoms with Crippen molar-refractivity contribution in [3.63, 3.8) is 0 Å². The molecule has 0 amide bonds. The van der Waals surface area contributed by atoms with Crippen LogP contribution in [0.25, 0.3) is 0 Å². The Labute approximate surface area is 106 Å². The predicted octanol–water partition coefficient (Wildman–Crippen LogP) is 3.15. The molecule has 2 rings (SSSR count). The van der Waals surface area contributed by atoms with E-state index in [1.165, 1.54) is 12.1 Å². The molecule has 0 saturated heterocycles. The number of halogens is 1. The van der Waals surface area contributed by atoms with Gasteiger partial charge in [0.05, 0.1) is 12.8 Å². The van der Waals surface area contributed by atoms with Crippen molar-refractivity contribution < 1.29 is 9.13 Å². The molecule has 0 aliphatic rings. The largest absolute Gasteiger partial charge is 0.480 e. The third-order valence-electron chi connectivity index (χ3n) is 2.74. The Morgan fingerprint density at radius 1 is 1.33 bits per heavy atom. The van der Waals surface area contributed by atoms with Crippen LogP contribution in [0.2, 0.25) is 0 Å². The maximum atomic E-state index is 13.0. The van der Waals surface area contributed by atoms with Gasteiger partial charge in [0.2, 0.25) is 5.88 Å². The van der Waals surface area contributed by atoms with E-state index in [0.717, 1.165) is 16.8 Å². The van der Waals surface area contributed by atoms with Crippen molar-refractivity contribution in [3.8, 4) is 5.88 Å². The normalized spacial score (nSPS) is 10.2. The summed E-state index contributed by atoms with van der Waals surface area (Å²) in [6.07, 6.45) is 1.67.